The summed E-state index contributed by atoms with van der Waals surface area (Å²) in [4.78, 5) is 7.96. The molecule has 0 radical (unpaired) electrons. The number of hydrogen-bond acceptors (Lipinski definition) is 2. The van der Waals surface area contributed by atoms with Crippen LogP contribution in [0.15, 0.2) is 29.6 Å². The molecule has 0 saturated carbocycles. The molecule has 80 valence electrons. The number of fused-ring (bicyclic) bond motifs is 1. The molecule has 0 bridgehead atoms. The van der Waals surface area contributed by atoms with E-state index in [1.54, 1.807) is 11.3 Å². The minimum Gasteiger partial charge on any atom is -0.353 e. The van der Waals surface area contributed by atoms with E-state index >= 15 is 0 Å². The lowest BCUT2D eigenvalue weighted by Gasteiger charge is -1.93. The van der Waals surface area contributed by atoms with Crippen molar-refractivity contribution in [3.63, 3.8) is 0 Å². The minimum atomic E-state index is 1.05. The summed E-state index contributed by atoms with van der Waals surface area (Å²) in [5.41, 5.74) is 4.66. The van der Waals surface area contributed by atoms with Gasteiger partial charge in [0.1, 0.15) is 0 Å². The highest BCUT2D eigenvalue weighted by Gasteiger charge is 2.10. The summed E-state index contributed by atoms with van der Waals surface area (Å²) in [5, 5.41) is 4.49. The van der Waals surface area contributed by atoms with Crippen LogP contribution >= 0.6 is 11.3 Å². The Hall–Kier alpha value is -1.61. The third kappa shape index (κ3) is 1.36. The zero-order valence-electron chi connectivity index (χ0n) is 9.24. The number of benzene rings is 1. The van der Waals surface area contributed by atoms with Crippen molar-refractivity contribution in [1.29, 1.82) is 0 Å². The molecule has 0 amide bonds. The fourth-order valence-corrected chi connectivity index (χ4v) is 2.62. The smallest absolute Gasteiger partial charge is 0.0979 e. The van der Waals surface area contributed by atoms with Crippen molar-refractivity contribution >= 4 is 22.2 Å². The second-order valence-corrected chi connectivity index (χ2v) is 4.98. The average Bonchev–Trinajstić information content (AvgIpc) is 2.84. The second-order valence-electron chi connectivity index (χ2n) is 3.92. The van der Waals surface area contributed by atoms with E-state index in [4.69, 9.17) is 0 Å². The highest BCUT2D eigenvalue weighted by atomic mass is 32.1. The van der Waals surface area contributed by atoms with Crippen LogP contribution in [-0.4, -0.2) is 9.97 Å². The van der Waals surface area contributed by atoms with Crippen LogP contribution in [0.1, 0.15) is 10.6 Å². The van der Waals surface area contributed by atoms with Gasteiger partial charge in [0.15, 0.2) is 0 Å². The van der Waals surface area contributed by atoms with E-state index in [0.717, 1.165) is 16.4 Å². The van der Waals surface area contributed by atoms with Crippen molar-refractivity contribution in [2.75, 3.05) is 0 Å². The van der Waals surface area contributed by atoms with Crippen LogP contribution in [0.25, 0.3) is 22.3 Å². The largest absolute Gasteiger partial charge is 0.353 e. The van der Waals surface area contributed by atoms with E-state index in [0.29, 0.717) is 0 Å². The van der Waals surface area contributed by atoms with Gasteiger partial charge in [0.05, 0.1) is 16.4 Å². The van der Waals surface area contributed by atoms with E-state index in [2.05, 4.69) is 40.5 Å². The number of aromatic amines is 1. The third-order valence-electron chi connectivity index (χ3n) is 2.84. The fourth-order valence-electron chi connectivity index (χ4n) is 2.02. The van der Waals surface area contributed by atoms with Crippen LogP contribution in [0, 0.1) is 13.8 Å². The van der Waals surface area contributed by atoms with Crippen molar-refractivity contribution in [1.82, 2.24) is 9.97 Å². The Kier molecular flexibility index (Phi) is 2.07. The predicted molar refractivity (Wildman–Crippen MR) is 68.9 cm³/mol. The molecule has 3 rings (SSSR count). The Morgan fingerprint density at radius 3 is 2.69 bits per heavy atom. The van der Waals surface area contributed by atoms with Gasteiger partial charge in [-0.1, -0.05) is 18.2 Å². The predicted octanol–water partition coefficient (Wildman–Crippen LogP) is 3.91. The first-order valence-corrected chi connectivity index (χ1v) is 6.13. The molecule has 0 saturated heterocycles. The quantitative estimate of drug-likeness (QED) is 0.672. The molecule has 0 fully saturated rings. The minimum absolute atomic E-state index is 1.05. The maximum Gasteiger partial charge on any atom is 0.0979 e. The lowest BCUT2D eigenvalue weighted by molar-refractivity contribution is 1.26. The van der Waals surface area contributed by atoms with Crippen molar-refractivity contribution in [3.05, 3.63) is 40.2 Å². The average molecular weight is 228 g/mol. The van der Waals surface area contributed by atoms with Gasteiger partial charge in [0, 0.05) is 16.3 Å². The Balaban J connectivity index is 2.28. The van der Waals surface area contributed by atoms with Crippen LogP contribution < -0.4 is 0 Å². The summed E-state index contributed by atoms with van der Waals surface area (Å²) < 4.78 is 0. The molecule has 3 aromatic rings. The lowest BCUT2D eigenvalue weighted by atomic mass is 10.1. The SMILES string of the molecule is Cc1nc(-c2[nH]c3ccccc3c2C)cs1. The molecule has 0 aliphatic heterocycles. The van der Waals surface area contributed by atoms with E-state index in [1.165, 1.54) is 16.5 Å². The first-order valence-electron chi connectivity index (χ1n) is 5.25. The first-order chi connectivity index (χ1) is 7.75. The van der Waals surface area contributed by atoms with Crippen LogP contribution in [0.4, 0.5) is 0 Å². The number of nitrogens with zero attached hydrogens (tertiary/aromatic N) is 1. The molecule has 3 heteroatoms. The normalized spacial score (nSPS) is 11.1. The van der Waals surface area contributed by atoms with Crippen molar-refractivity contribution < 1.29 is 0 Å². The first kappa shape index (κ1) is 9.60. The number of thiazole rings is 1. The van der Waals surface area contributed by atoms with Crippen molar-refractivity contribution in [2.24, 2.45) is 0 Å². The highest BCUT2D eigenvalue weighted by Crippen LogP contribution is 2.29. The summed E-state index contributed by atoms with van der Waals surface area (Å²) in [5.74, 6) is 0. The summed E-state index contributed by atoms with van der Waals surface area (Å²) in [6, 6.07) is 8.36. The number of aryl methyl sites for hydroxylation is 2. The third-order valence-corrected chi connectivity index (χ3v) is 3.61. The van der Waals surface area contributed by atoms with Gasteiger partial charge in [-0.15, -0.1) is 11.3 Å². The molecule has 1 aromatic carbocycles. The van der Waals surface area contributed by atoms with Crippen LogP contribution in [0.2, 0.25) is 0 Å². The molecule has 0 aliphatic rings. The number of para-hydroxylation sites is 1. The molecular formula is C13H12N2S. The molecule has 2 nitrogen and oxygen atoms in total. The monoisotopic (exact) mass is 228 g/mol. The summed E-state index contributed by atoms with van der Waals surface area (Å²) in [7, 11) is 0. The number of nitrogens with one attached hydrogen (secondary N) is 1. The number of rotatable bonds is 1. The number of hydrogen-bond donors (Lipinski definition) is 1. The zero-order valence-corrected chi connectivity index (χ0v) is 10.1. The van der Waals surface area contributed by atoms with Gasteiger partial charge >= 0.3 is 0 Å². The molecular weight excluding hydrogens is 216 g/mol. The van der Waals surface area contributed by atoms with Gasteiger partial charge in [0.2, 0.25) is 0 Å². The van der Waals surface area contributed by atoms with Gasteiger partial charge in [0.25, 0.3) is 0 Å². The van der Waals surface area contributed by atoms with Gasteiger partial charge in [-0.3, -0.25) is 0 Å². The molecule has 0 aliphatic carbocycles. The van der Waals surface area contributed by atoms with Gasteiger partial charge in [-0.25, -0.2) is 4.98 Å². The topological polar surface area (TPSA) is 28.7 Å². The van der Waals surface area contributed by atoms with E-state index < -0.39 is 0 Å². The highest BCUT2D eigenvalue weighted by molar-refractivity contribution is 7.09. The summed E-state index contributed by atoms with van der Waals surface area (Å²) >= 11 is 1.69. The number of aromatic nitrogens is 2. The Labute approximate surface area is 98.0 Å². The van der Waals surface area contributed by atoms with E-state index in [-0.39, 0.29) is 0 Å². The van der Waals surface area contributed by atoms with E-state index in [1.807, 2.05) is 13.0 Å². The second kappa shape index (κ2) is 3.46. The molecule has 16 heavy (non-hydrogen) atoms. The maximum absolute atomic E-state index is 4.52. The van der Waals surface area contributed by atoms with Crippen LogP contribution in [0.5, 0.6) is 0 Å². The molecule has 0 unspecified atom stereocenters. The lowest BCUT2D eigenvalue weighted by Crippen LogP contribution is -1.80. The summed E-state index contributed by atoms with van der Waals surface area (Å²) in [6.45, 7) is 4.18. The molecule has 0 atom stereocenters. The van der Waals surface area contributed by atoms with Crippen molar-refractivity contribution in [2.45, 2.75) is 13.8 Å². The summed E-state index contributed by atoms with van der Waals surface area (Å²) in [6.07, 6.45) is 0. The molecule has 2 heterocycles. The fraction of sp³-hybridized carbons (Fsp3) is 0.154. The molecule has 2 aromatic heterocycles. The van der Waals surface area contributed by atoms with Gasteiger partial charge in [-0.05, 0) is 25.5 Å². The van der Waals surface area contributed by atoms with E-state index in [9.17, 15) is 0 Å². The Morgan fingerprint density at radius 1 is 1.19 bits per heavy atom. The standard InChI is InChI=1S/C13H12N2S/c1-8-10-5-3-4-6-11(10)15-13(8)12-7-16-9(2)14-12/h3-7,15H,1-2H3. The van der Waals surface area contributed by atoms with Gasteiger partial charge in [-0.2, -0.15) is 0 Å². The number of H-pyrrole nitrogens is 1. The van der Waals surface area contributed by atoms with Crippen molar-refractivity contribution in [3.8, 4) is 11.4 Å². The Bertz CT molecular complexity index is 649. The maximum atomic E-state index is 4.52. The van der Waals surface area contributed by atoms with Gasteiger partial charge < -0.3 is 4.98 Å². The Morgan fingerprint density at radius 2 is 2.00 bits per heavy atom. The zero-order chi connectivity index (χ0) is 11.1. The van der Waals surface area contributed by atoms with Crippen LogP contribution in [0.3, 0.4) is 0 Å². The van der Waals surface area contributed by atoms with Crippen LogP contribution in [-0.2, 0) is 0 Å². The molecule has 1 N–H and O–H groups in total. The molecule has 0 spiro atoms.